The molecule has 0 unspecified atom stereocenters. The lowest BCUT2D eigenvalue weighted by Crippen LogP contribution is -2.52. The number of carbonyl (C=O) groups excluding carboxylic acids is 1. The van der Waals surface area contributed by atoms with Crippen LogP contribution in [-0.4, -0.2) is 42.2 Å². The van der Waals surface area contributed by atoms with E-state index in [2.05, 4.69) is 40.3 Å². The maximum atomic E-state index is 13.5. The molecule has 0 radical (unpaired) electrons. The van der Waals surface area contributed by atoms with E-state index in [1.165, 1.54) is 0 Å². The zero-order chi connectivity index (χ0) is 24.4. The van der Waals surface area contributed by atoms with Crippen LogP contribution in [0.5, 0.6) is 5.75 Å². The number of aliphatic hydroxyl groups is 1. The quantitative estimate of drug-likeness (QED) is 0.202. The number of aliphatic imine (C=N–C) groups is 1. The average molecular weight is 530 g/mol. The van der Waals surface area contributed by atoms with E-state index in [0.717, 1.165) is 28.4 Å². The molecule has 2 aromatic rings. The van der Waals surface area contributed by atoms with Crippen LogP contribution in [0.3, 0.4) is 0 Å². The fraction of sp³-hybridized carbons (Fsp3) is 0.385. The number of carbonyl (C=O) groups is 1. The molecule has 0 bridgehead atoms. The molecule has 0 spiro atoms. The number of halogens is 1. The molecule has 1 heterocycles. The second-order valence-corrected chi connectivity index (χ2v) is 8.89. The van der Waals surface area contributed by atoms with Gasteiger partial charge in [0.1, 0.15) is 5.75 Å². The molecule has 1 amide bonds. The van der Waals surface area contributed by atoms with E-state index < -0.39 is 11.6 Å². The van der Waals surface area contributed by atoms with E-state index in [9.17, 15) is 4.79 Å². The van der Waals surface area contributed by atoms with Crippen LogP contribution in [0.2, 0.25) is 0 Å². The molecule has 1 aliphatic rings. The Hall–Kier alpha value is -2.68. The highest BCUT2D eigenvalue weighted by atomic mass is 79.9. The van der Waals surface area contributed by atoms with Crippen LogP contribution in [-0.2, 0) is 9.53 Å². The normalized spacial score (nSPS) is 19.3. The number of hydrogen-bond acceptors (Lipinski definition) is 6. The van der Waals surface area contributed by atoms with Gasteiger partial charge in [-0.15, -0.1) is 6.58 Å². The zero-order valence-corrected chi connectivity index (χ0v) is 21.0. The summed E-state index contributed by atoms with van der Waals surface area (Å²) in [4.78, 5) is 18.4. The van der Waals surface area contributed by atoms with Gasteiger partial charge in [0, 0.05) is 41.6 Å². The first-order valence-electron chi connectivity index (χ1n) is 11.5. The molecule has 0 aromatic heterocycles. The summed E-state index contributed by atoms with van der Waals surface area (Å²) in [5, 5.41) is 8.93. The number of nitrogens with zero attached hydrogens (tertiary/aromatic N) is 1. The van der Waals surface area contributed by atoms with E-state index in [-0.39, 0.29) is 12.5 Å². The lowest BCUT2D eigenvalue weighted by Gasteiger charge is -2.30. The molecular formula is C26H32BrN3O4. The molecule has 0 fully saturated rings. The van der Waals surface area contributed by atoms with E-state index in [4.69, 9.17) is 19.6 Å². The Kier molecular flexibility index (Phi) is 9.68. The van der Waals surface area contributed by atoms with E-state index in [1.54, 1.807) is 6.08 Å². The smallest absolute Gasteiger partial charge is 0.266 e. The van der Waals surface area contributed by atoms with Crippen molar-refractivity contribution in [3.8, 4) is 5.75 Å². The van der Waals surface area contributed by atoms with Gasteiger partial charge in [0.2, 0.25) is 5.90 Å². The molecule has 8 heteroatoms. The van der Waals surface area contributed by atoms with Gasteiger partial charge in [-0.3, -0.25) is 10.2 Å². The van der Waals surface area contributed by atoms with Gasteiger partial charge in [0.05, 0.1) is 6.61 Å². The maximum Gasteiger partial charge on any atom is 0.266 e. The molecule has 0 aliphatic carbocycles. The van der Waals surface area contributed by atoms with Crippen LogP contribution < -0.4 is 15.6 Å². The van der Waals surface area contributed by atoms with Gasteiger partial charge in [0.25, 0.3) is 5.91 Å². The minimum Gasteiger partial charge on any atom is -0.494 e. The Morgan fingerprint density at radius 3 is 2.71 bits per heavy atom. The highest BCUT2D eigenvalue weighted by Gasteiger charge is 2.53. The van der Waals surface area contributed by atoms with Gasteiger partial charge in [-0.25, -0.2) is 10.4 Å². The van der Waals surface area contributed by atoms with Crippen molar-refractivity contribution >= 4 is 27.7 Å². The second-order valence-electron chi connectivity index (χ2n) is 8.04. The summed E-state index contributed by atoms with van der Waals surface area (Å²) in [6, 6.07) is 15.0. The first kappa shape index (κ1) is 25.9. The summed E-state index contributed by atoms with van der Waals surface area (Å²) in [7, 11) is 0. The number of rotatable bonds is 13. The number of hydrogen-bond donors (Lipinski definition) is 3. The molecule has 182 valence electrons. The Morgan fingerprint density at radius 1 is 1.26 bits per heavy atom. The van der Waals surface area contributed by atoms with Crippen LogP contribution in [0.15, 0.2) is 70.7 Å². The van der Waals surface area contributed by atoms with Crippen molar-refractivity contribution in [2.75, 3.05) is 19.8 Å². The third-order valence-corrected chi connectivity index (χ3v) is 6.25. The number of amides is 1. The lowest BCUT2D eigenvalue weighted by molar-refractivity contribution is -0.129. The molecule has 1 aliphatic heterocycles. The third kappa shape index (κ3) is 6.05. The second kappa shape index (κ2) is 12.7. The topological polar surface area (TPSA) is 92.2 Å². The summed E-state index contributed by atoms with van der Waals surface area (Å²) in [6.07, 6.45) is 3.88. The Morgan fingerprint density at radius 2 is 2.03 bits per heavy atom. The minimum absolute atomic E-state index is 0.0832. The van der Waals surface area contributed by atoms with Crippen molar-refractivity contribution in [1.29, 1.82) is 0 Å². The molecular weight excluding hydrogens is 498 g/mol. The van der Waals surface area contributed by atoms with Crippen molar-refractivity contribution < 1.29 is 19.4 Å². The number of aliphatic hydroxyl groups excluding tert-OH is 1. The highest BCUT2D eigenvalue weighted by Crippen LogP contribution is 2.44. The third-order valence-electron chi connectivity index (χ3n) is 5.53. The maximum absolute atomic E-state index is 13.5. The van der Waals surface area contributed by atoms with Gasteiger partial charge in [0.15, 0.2) is 11.6 Å². The fourth-order valence-electron chi connectivity index (χ4n) is 3.72. The summed E-state index contributed by atoms with van der Waals surface area (Å²) in [5.74, 6) is 0.796. The Bertz CT molecular complexity index is 996. The van der Waals surface area contributed by atoms with Crippen molar-refractivity contribution in [2.45, 2.75) is 44.2 Å². The number of hydrazine groups is 1. The van der Waals surface area contributed by atoms with Crippen LogP contribution >= 0.6 is 15.9 Å². The molecule has 34 heavy (non-hydrogen) atoms. The van der Waals surface area contributed by atoms with Gasteiger partial charge in [-0.1, -0.05) is 53.5 Å². The van der Waals surface area contributed by atoms with Crippen molar-refractivity contribution in [3.63, 3.8) is 0 Å². The summed E-state index contributed by atoms with van der Waals surface area (Å²) < 4.78 is 12.8. The van der Waals surface area contributed by atoms with E-state index in [0.29, 0.717) is 37.6 Å². The number of benzene rings is 2. The van der Waals surface area contributed by atoms with Crippen LogP contribution in [0.1, 0.15) is 49.8 Å². The molecule has 0 saturated heterocycles. The molecule has 0 saturated carbocycles. The summed E-state index contributed by atoms with van der Waals surface area (Å²) in [6.45, 7) is 7.17. The predicted octanol–water partition coefficient (Wildman–Crippen LogP) is 4.46. The predicted molar refractivity (Wildman–Crippen MR) is 137 cm³/mol. The summed E-state index contributed by atoms with van der Waals surface area (Å²) >= 11 is 3.61. The molecule has 7 nitrogen and oxygen atoms in total. The first-order valence-corrected chi connectivity index (χ1v) is 12.3. The minimum atomic E-state index is -1.23. The monoisotopic (exact) mass is 529 g/mol. The number of ether oxygens (including phenoxy) is 2. The number of nitrogens with one attached hydrogen (secondary N) is 2. The summed E-state index contributed by atoms with van der Waals surface area (Å²) in [5.41, 5.74) is 6.19. The van der Waals surface area contributed by atoms with Crippen LogP contribution in [0.25, 0.3) is 0 Å². The van der Waals surface area contributed by atoms with Crippen LogP contribution in [0.4, 0.5) is 0 Å². The molecule has 2 aromatic carbocycles. The van der Waals surface area contributed by atoms with Crippen molar-refractivity contribution in [3.05, 3.63) is 76.8 Å². The van der Waals surface area contributed by atoms with Crippen LogP contribution in [0, 0.1) is 0 Å². The molecule has 2 atom stereocenters. The Balaban J connectivity index is 1.94. The zero-order valence-electron chi connectivity index (χ0n) is 19.4. The fourth-order valence-corrected chi connectivity index (χ4v) is 4.21. The van der Waals surface area contributed by atoms with Gasteiger partial charge in [-0.05, 0) is 36.8 Å². The standard InChI is InChI=1S/C26H32BrN3O4/c1-3-5-16-28-30-25(32)26(15-4-2)23(21-9-6-7-10-22(21)27)34-24(29-26)19-11-13-20(14-12-19)33-18-8-17-31/h4,6-7,9-14,23,28,31H,2-3,5,8,15-18H2,1H3,(H,30,32)/t23-,26-/m0/s1. The SMILES string of the molecule is C=CC[C@]1(C(=O)NNCCCC)N=C(c2ccc(OCCCO)cc2)O[C@H]1c1ccccc1Br. The Labute approximate surface area is 209 Å². The largest absolute Gasteiger partial charge is 0.494 e. The lowest BCUT2D eigenvalue weighted by atomic mass is 9.84. The molecule has 3 rings (SSSR count). The first-order chi connectivity index (χ1) is 16.6. The highest BCUT2D eigenvalue weighted by molar-refractivity contribution is 9.10. The van der Waals surface area contributed by atoms with Gasteiger partial charge in [-0.2, -0.15) is 0 Å². The van der Waals surface area contributed by atoms with E-state index >= 15 is 0 Å². The van der Waals surface area contributed by atoms with Gasteiger partial charge < -0.3 is 14.6 Å². The van der Waals surface area contributed by atoms with E-state index in [1.807, 2.05) is 48.5 Å². The average Bonchev–Trinajstić information content (AvgIpc) is 3.23. The molecule has 3 N–H and O–H groups in total. The number of unbranched alkanes of at least 4 members (excludes halogenated alkanes) is 1. The van der Waals surface area contributed by atoms with Gasteiger partial charge >= 0.3 is 0 Å². The van der Waals surface area contributed by atoms with Crippen molar-refractivity contribution in [2.24, 2.45) is 4.99 Å². The van der Waals surface area contributed by atoms with Crippen molar-refractivity contribution in [1.82, 2.24) is 10.9 Å².